The molecule has 16 heavy (non-hydrogen) atoms. The zero-order chi connectivity index (χ0) is 11.1. The maximum Gasteiger partial charge on any atom is 0.137 e. The zero-order valence-corrected chi connectivity index (χ0v) is 11.0. The highest BCUT2D eigenvalue weighted by molar-refractivity contribution is 9.09. The normalized spacial score (nSPS) is 25.4. The van der Waals surface area contributed by atoms with E-state index in [1.807, 2.05) is 0 Å². The molecule has 2 atom stereocenters. The quantitative estimate of drug-likeness (QED) is 0.685. The minimum absolute atomic E-state index is 0.608. The van der Waals surface area contributed by atoms with E-state index in [2.05, 4.69) is 47.1 Å². The van der Waals surface area contributed by atoms with Gasteiger partial charge in [0.1, 0.15) is 11.3 Å². The summed E-state index contributed by atoms with van der Waals surface area (Å²) < 4.78 is 6.01. The number of para-hydroxylation sites is 1. The number of benzene rings is 1. The van der Waals surface area contributed by atoms with Gasteiger partial charge in [0.25, 0.3) is 0 Å². The predicted octanol–water partition coefficient (Wildman–Crippen LogP) is 4.77. The Morgan fingerprint density at radius 3 is 2.88 bits per heavy atom. The topological polar surface area (TPSA) is 13.1 Å². The molecule has 2 unspecified atom stereocenters. The molecule has 1 nitrogen and oxygen atoms in total. The lowest BCUT2D eigenvalue weighted by atomic mass is 10.1. The molecule has 1 aliphatic rings. The van der Waals surface area contributed by atoms with E-state index in [1.54, 1.807) is 0 Å². The van der Waals surface area contributed by atoms with Crippen LogP contribution in [0.15, 0.2) is 28.7 Å². The third-order valence-corrected chi connectivity index (χ3v) is 4.36. The molecule has 0 radical (unpaired) electrons. The molecule has 3 rings (SSSR count). The van der Waals surface area contributed by atoms with Crippen LogP contribution in [0.4, 0.5) is 0 Å². The molecular formula is C14H15BrO. The van der Waals surface area contributed by atoms with Crippen molar-refractivity contribution in [1.29, 1.82) is 0 Å². The molecule has 1 aliphatic carbocycles. The van der Waals surface area contributed by atoms with Gasteiger partial charge in [-0.15, -0.1) is 0 Å². The number of hydrogen-bond acceptors (Lipinski definition) is 1. The van der Waals surface area contributed by atoms with Crippen molar-refractivity contribution in [2.75, 3.05) is 0 Å². The van der Waals surface area contributed by atoms with Crippen LogP contribution in [0.5, 0.6) is 0 Å². The Bertz CT molecular complexity index is 514. The lowest BCUT2D eigenvalue weighted by Gasteiger charge is -2.03. The zero-order valence-electron chi connectivity index (χ0n) is 9.37. The molecule has 1 heterocycles. The lowest BCUT2D eigenvalue weighted by molar-refractivity contribution is 0.493. The largest absolute Gasteiger partial charge is 0.461 e. The van der Waals surface area contributed by atoms with Crippen molar-refractivity contribution in [3.63, 3.8) is 0 Å². The maximum absolute atomic E-state index is 6.01. The minimum Gasteiger partial charge on any atom is -0.461 e. The fourth-order valence-corrected chi connectivity index (χ4v) is 3.33. The fraction of sp³-hybridized carbons (Fsp3) is 0.429. The molecule has 0 spiro atoms. The van der Waals surface area contributed by atoms with Gasteiger partial charge in [0.15, 0.2) is 0 Å². The number of halogens is 1. The third-order valence-electron chi connectivity index (χ3n) is 3.53. The van der Waals surface area contributed by atoms with Gasteiger partial charge in [0.05, 0.1) is 0 Å². The summed E-state index contributed by atoms with van der Waals surface area (Å²) in [5.41, 5.74) is 2.30. The Morgan fingerprint density at radius 2 is 2.19 bits per heavy atom. The van der Waals surface area contributed by atoms with Crippen LogP contribution >= 0.6 is 15.9 Å². The number of hydrogen-bond donors (Lipinski definition) is 0. The van der Waals surface area contributed by atoms with Gasteiger partial charge in [-0.2, -0.15) is 0 Å². The van der Waals surface area contributed by atoms with Crippen LogP contribution < -0.4 is 0 Å². The van der Waals surface area contributed by atoms with Crippen molar-refractivity contribution in [3.05, 3.63) is 35.6 Å². The summed E-state index contributed by atoms with van der Waals surface area (Å²) in [6, 6.07) is 8.56. The van der Waals surface area contributed by atoms with E-state index < -0.39 is 0 Å². The number of furan rings is 1. The molecule has 0 saturated heterocycles. The molecule has 1 saturated carbocycles. The molecule has 1 fully saturated rings. The van der Waals surface area contributed by atoms with Gasteiger partial charge in [0.2, 0.25) is 0 Å². The molecule has 2 heteroatoms. The Labute approximate surface area is 104 Å². The molecule has 84 valence electrons. The highest BCUT2D eigenvalue weighted by Crippen LogP contribution is 2.40. The molecule has 0 aliphatic heterocycles. The summed E-state index contributed by atoms with van der Waals surface area (Å²) in [7, 11) is 0. The van der Waals surface area contributed by atoms with Crippen LogP contribution in [0, 0.1) is 6.92 Å². The maximum atomic E-state index is 6.01. The van der Waals surface area contributed by atoms with E-state index in [-0.39, 0.29) is 0 Å². The van der Waals surface area contributed by atoms with Gasteiger partial charge in [0, 0.05) is 16.1 Å². The van der Waals surface area contributed by atoms with Crippen LogP contribution in [-0.4, -0.2) is 4.83 Å². The van der Waals surface area contributed by atoms with E-state index in [4.69, 9.17) is 4.42 Å². The van der Waals surface area contributed by atoms with E-state index in [9.17, 15) is 0 Å². The van der Waals surface area contributed by atoms with E-state index in [1.165, 1.54) is 36.0 Å². The lowest BCUT2D eigenvalue weighted by Crippen LogP contribution is -1.91. The van der Waals surface area contributed by atoms with Gasteiger partial charge in [-0.25, -0.2) is 0 Å². The number of alkyl halides is 1. The van der Waals surface area contributed by atoms with Crippen LogP contribution in [0.3, 0.4) is 0 Å². The number of rotatable bonds is 1. The Morgan fingerprint density at radius 1 is 1.31 bits per heavy atom. The van der Waals surface area contributed by atoms with Crippen molar-refractivity contribution in [1.82, 2.24) is 0 Å². The first-order valence-electron chi connectivity index (χ1n) is 5.87. The fourth-order valence-electron chi connectivity index (χ4n) is 2.61. The van der Waals surface area contributed by atoms with Crippen molar-refractivity contribution in [3.8, 4) is 0 Å². The molecule has 0 amide bonds. The van der Waals surface area contributed by atoms with Gasteiger partial charge in [-0.05, 0) is 37.8 Å². The summed E-state index contributed by atoms with van der Waals surface area (Å²) in [6.07, 6.45) is 3.72. The first kappa shape index (κ1) is 10.4. The highest BCUT2D eigenvalue weighted by atomic mass is 79.9. The molecular weight excluding hydrogens is 264 g/mol. The average molecular weight is 279 g/mol. The Hall–Kier alpha value is -0.760. The Kier molecular flexibility index (Phi) is 2.55. The predicted molar refractivity (Wildman–Crippen MR) is 70.3 cm³/mol. The summed E-state index contributed by atoms with van der Waals surface area (Å²) >= 11 is 3.69. The van der Waals surface area contributed by atoms with Gasteiger partial charge in [-0.3, -0.25) is 0 Å². The summed E-state index contributed by atoms with van der Waals surface area (Å²) in [5, 5.41) is 1.24. The first-order chi connectivity index (χ1) is 7.74. The van der Waals surface area contributed by atoms with Gasteiger partial charge in [-0.1, -0.05) is 34.1 Å². The molecule has 2 aromatic rings. The van der Waals surface area contributed by atoms with E-state index >= 15 is 0 Å². The SMILES string of the molecule is Cc1cccc2cc(C3CCC(Br)C3)oc12. The van der Waals surface area contributed by atoms with E-state index in [0.717, 1.165) is 5.58 Å². The smallest absolute Gasteiger partial charge is 0.137 e. The summed E-state index contributed by atoms with van der Waals surface area (Å²) in [6.45, 7) is 2.11. The summed E-state index contributed by atoms with van der Waals surface area (Å²) in [5.74, 6) is 1.78. The standard InChI is InChI=1S/C14H15BrO/c1-9-3-2-4-11-8-13(16-14(9)11)10-5-6-12(15)7-10/h2-4,8,10,12H,5-7H2,1H3. The monoisotopic (exact) mass is 278 g/mol. The average Bonchev–Trinajstić information content (AvgIpc) is 2.84. The molecule has 0 bridgehead atoms. The second-order valence-electron chi connectivity index (χ2n) is 4.75. The number of fused-ring (bicyclic) bond motifs is 1. The molecule has 0 N–H and O–H groups in total. The van der Waals surface area contributed by atoms with Crippen molar-refractivity contribution in [2.45, 2.75) is 36.9 Å². The van der Waals surface area contributed by atoms with Crippen LogP contribution in [0.1, 0.15) is 36.5 Å². The highest BCUT2D eigenvalue weighted by Gasteiger charge is 2.26. The van der Waals surface area contributed by atoms with Crippen molar-refractivity contribution >= 4 is 26.9 Å². The van der Waals surface area contributed by atoms with Gasteiger partial charge >= 0.3 is 0 Å². The van der Waals surface area contributed by atoms with E-state index in [0.29, 0.717) is 10.7 Å². The minimum atomic E-state index is 0.608. The second-order valence-corrected chi connectivity index (χ2v) is 6.04. The first-order valence-corrected chi connectivity index (χ1v) is 6.79. The van der Waals surface area contributed by atoms with Crippen LogP contribution in [-0.2, 0) is 0 Å². The van der Waals surface area contributed by atoms with Crippen molar-refractivity contribution in [2.24, 2.45) is 0 Å². The third kappa shape index (κ3) is 1.69. The Balaban J connectivity index is 2.02. The number of aryl methyl sites for hydroxylation is 1. The van der Waals surface area contributed by atoms with Crippen LogP contribution in [0.25, 0.3) is 11.0 Å². The van der Waals surface area contributed by atoms with Gasteiger partial charge < -0.3 is 4.42 Å². The molecule has 1 aromatic heterocycles. The van der Waals surface area contributed by atoms with Crippen LogP contribution in [0.2, 0.25) is 0 Å². The van der Waals surface area contributed by atoms with Crippen molar-refractivity contribution < 1.29 is 4.42 Å². The second kappa shape index (κ2) is 3.92. The molecule has 1 aromatic carbocycles. The summed E-state index contributed by atoms with van der Waals surface area (Å²) in [4.78, 5) is 0.673.